The molecule has 2 rings (SSSR count). The molecule has 18 heavy (non-hydrogen) atoms. The summed E-state index contributed by atoms with van der Waals surface area (Å²) >= 11 is 0. The summed E-state index contributed by atoms with van der Waals surface area (Å²) in [6.45, 7) is 0. The number of benzene rings is 1. The van der Waals surface area contributed by atoms with E-state index >= 15 is 0 Å². The van der Waals surface area contributed by atoms with Crippen LogP contribution in [0.15, 0.2) is 18.2 Å². The summed E-state index contributed by atoms with van der Waals surface area (Å²) in [5, 5.41) is 0. The number of nitrogens with two attached hydrogens (primary N) is 1. The van der Waals surface area contributed by atoms with Crippen LogP contribution in [0.5, 0.6) is 0 Å². The van der Waals surface area contributed by atoms with Crippen molar-refractivity contribution >= 4 is 0 Å². The molecule has 2 N–H and O–H groups in total. The van der Waals surface area contributed by atoms with E-state index in [1.54, 1.807) is 0 Å². The lowest BCUT2D eigenvalue weighted by molar-refractivity contribution is -0.138. The number of hydrogen-bond acceptors (Lipinski definition) is 1. The highest BCUT2D eigenvalue weighted by Crippen LogP contribution is 2.40. The molecule has 0 unspecified atom stereocenters. The van der Waals surface area contributed by atoms with Crippen molar-refractivity contribution in [2.75, 3.05) is 0 Å². The van der Waals surface area contributed by atoms with Gasteiger partial charge < -0.3 is 5.73 Å². The first-order chi connectivity index (χ1) is 8.39. The van der Waals surface area contributed by atoms with Crippen molar-refractivity contribution in [3.8, 4) is 0 Å². The van der Waals surface area contributed by atoms with Crippen LogP contribution in [0.2, 0.25) is 0 Å². The summed E-state index contributed by atoms with van der Waals surface area (Å²) in [7, 11) is 0. The zero-order valence-electron chi connectivity index (χ0n) is 9.80. The molecule has 1 nitrogen and oxygen atoms in total. The number of rotatable bonds is 2. The van der Waals surface area contributed by atoms with Crippen molar-refractivity contribution in [1.29, 1.82) is 0 Å². The highest BCUT2D eigenvalue weighted by atomic mass is 19.4. The molecule has 0 heterocycles. The minimum absolute atomic E-state index is 0.0212. The Bertz CT molecular complexity index is 421. The Morgan fingerprint density at radius 2 is 1.78 bits per heavy atom. The van der Waals surface area contributed by atoms with Crippen LogP contribution in [0.4, 0.5) is 17.6 Å². The van der Waals surface area contributed by atoms with Gasteiger partial charge in [0.2, 0.25) is 0 Å². The molecule has 0 spiro atoms. The average Bonchev–Trinajstić information content (AvgIpc) is 2.79. The molecule has 0 aromatic heterocycles. The SMILES string of the molecule is N[C@@H](c1cc(F)ccc1C(F)(F)F)C1CCCC1. The molecule has 0 radical (unpaired) electrons. The number of alkyl halides is 3. The normalized spacial score (nSPS) is 19.2. The first-order valence-corrected chi connectivity index (χ1v) is 6.02. The molecular weight excluding hydrogens is 246 g/mol. The third kappa shape index (κ3) is 2.66. The van der Waals surface area contributed by atoms with Gasteiger partial charge in [-0.15, -0.1) is 0 Å². The van der Waals surface area contributed by atoms with Gasteiger partial charge in [0.1, 0.15) is 5.82 Å². The topological polar surface area (TPSA) is 26.0 Å². The van der Waals surface area contributed by atoms with Crippen molar-refractivity contribution in [2.24, 2.45) is 11.7 Å². The molecule has 0 saturated heterocycles. The monoisotopic (exact) mass is 261 g/mol. The second kappa shape index (κ2) is 4.88. The lowest BCUT2D eigenvalue weighted by atomic mass is 9.89. The third-order valence-corrected chi connectivity index (χ3v) is 3.59. The van der Waals surface area contributed by atoms with E-state index < -0.39 is 23.6 Å². The molecule has 1 aromatic rings. The zero-order chi connectivity index (χ0) is 13.3. The van der Waals surface area contributed by atoms with Crippen LogP contribution in [0.25, 0.3) is 0 Å². The maximum absolute atomic E-state index is 13.2. The fraction of sp³-hybridized carbons (Fsp3) is 0.538. The second-order valence-electron chi connectivity index (χ2n) is 4.80. The molecule has 1 atom stereocenters. The molecule has 1 fully saturated rings. The minimum atomic E-state index is -4.49. The van der Waals surface area contributed by atoms with Gasteiger partial charge >= 0.3 is 6.18 Å². The van der Waals surface area contributed by atoms with Crippen molar-refractivity contribution in [2.45, 2.75) is 37.9 Å². The minimum Gasteiger partial charge on any atom is -0.324 e. The summed E-state index contributed by atoms with van der Waals surface area (Å²) < 4.78 is 51.7. The van der Waals surface area contributed by atoms with Crippen LogP contribution >= 0.6 is 0 Å². The standard InChI is InChI=1S/C13H15F4N/c14-9-5-6-11(13(15,16)17)10(7-9)12(18)8-3-1-2-4-8/h5-8,12H,1-4,18H2/t12-/m1/s1. The van der Waals surface area contributed by atoms with Crippen molar-refractivity contribution in [3.63, 3.8) is 0 Å². The molecule has 0 bridgehead atoms. The second-order valence-corrected chi connectivity index (χ2v) is 4.80. The van der Waals surface area contributed by atoms with Gasteiger partial charge in [0, 0.05) is 6.04 Å². The quantitative estimate of drug-likeness (QED) is 0.799. The molecule has 1 saturated carbocycles. The highest BCUT2D eigenvalue weighted by molar-refractivity contribution is 5.33. The van der Waals surface area contributed by atoms with Gasteiger partial charge in [-0.1, -0.05) is 12.8 Å². The van der Waals surface area contributed by atoms with Gasteiger partial charge in [-0.3, -0.25) is 0 Å². The van der Waals surface area contributed by atoms with E-state index in [2.05, 4.69) is 0 Å². The first kappa shape index (κ1) is 13.3. The van der Waals surface area contributed by atoms with E-state index in [0.717, 1.165) is 43.9 Å². The Morgan fingerprint density at radius 1 is 1.17 bits per heavy atom. The summed E-state index contributed by atoms with van der Waals surface area (Å²) in [4.78, 5) is 0. The molecular formula is C13H15F4N. The van der Waals surface area contributed by atoms with Gasteiger partial charge in [-0.05, 0) is 42.5 Å². The fourth-order valence-electron chi connectivity index (χ4n) is 2.64. The summed E-state index contributed by atoms with van der Waals surface area (Å²) in [5.74, 6) is -0.653. The Morgan fingerprint density at radius 3 is 2.33 bits per heavy atom. The van der Waals surface area contributed by atoms with E-state index in [4.69, 9.17) is 5.73 Å². The first-order valence-electron chi connectivity index (χ1n) is 6.02. The van der Waals surface area contributed by atoms with Crippen molar-refractivity contribution in [1.82, 2.24) is 0 Å². The summed E-state index contributed by atoms with van der Waals surface area (Å²) in [5.41, 5.74) is 4.97. The van der Waals surface area contributed by atoms with E-state index in [1.165, 1.54) is 0 Å². The van der Waals surface area contributed by atoms with Crippen LogP contribution in [-0.2, 0) is 6.18 Å². The van der Waals surface area contributed by atoms with E-state index in [0.29, 0.717) is 0 Å². The largest absolute Gasteiger partial charge is 0.416 e. The summed E-state index contributed by atoms with van der Waals surface area (Å²) in [6.07, 6.45) is -0.896. The van der Waals surface area contributed by atoms with Crippen LogP contribution in [0.3, 0.4) is 0 Å². The molecule has 5 heteroatoms. The predicted octanol–water partition coefficient (Wildman–Crippen LogP) is 4.03. The van der Waals surface area contributed by atoms with E-state index in [1.807, 2.05) is 0 Å². The van der Waals surface area contributed by atoms with Crippen molar-refractivity contribution in [3.05, 3.63) is 35.1 Å². The third-order valence-electron chi connectivity index (χ3n) is 3.59. The molecule has 100 valence electrons. The number of halogens is 4. The zero-order valence-corrected chi connectivity index (χ0v) is 9.80. The van der Waals surface area contributed by atoms with Crippen LogP contribution < -0.4 is 5.73 Å². The van der Waals surface area contributed by atoms with Gasteiger partial charge in [-0.25, -0.2) is 4.39 Å². The molecule has 0 amide bonds. The Kier molecular flexibility index (Phi) is 3.61. The fourth-order valence-corrected chi connectivity index (χ4v) is 2.64. The number of hydrogen-bond donors (Lipinski definition) is 1. The van der Waals surface area contributed by atoms with E-state index in [-0.39, 0.29) is 11.5 Å². The molecule has 1 aliphatic rings. The maximum Gasteiger partial charge on any atom is 0.416 e. The van der Waals surface area contributed by atoms with Gasteiger partial charge in [-0.2, -0.15) is 13.2 Å². The predicted molar refractivity (Wildman–Crippen MR) is 60.3 cm³/mol. The Labute approximate surface area is 103 Å². The van der Waals surface area contributed by atoms with Gasteiger partial charge in [0.15, 0.2) is 0 Å². The van der Waals surface area contributed by atoms with E-state index in [9.17, 15) is 17.6 Å². The van der Waals surface area contributed by atoms with Crippen molar-refractivity contribution < 1.29 is 17.6 Å². The maximum atomic E-state index is 13.2. The molecule has 0 aliphatic heterocycles. The lowest BCUT2D eigenvalue weighted by Gasteiger charge is -2.23. The van der Waals surface area contributed by atoms with Gasteiger partial charge in [0.05, 0.1) is 5.56 Å². The highest BCUT2D eigenvalue weighted by Gasteiger charge is 2.36. The van der Waals surface area contributed by atoms with Crippen LogP contribution in [0.1, 0.15) is 42.9 Å². The molecule has 1 aromatic carbocycles. The van der Waals surface area contributed by atoms with Crippen LogP contribution in [0, 0.1) is 11.7 Å². The Balaban J connectivity index is 2.38. The average molecular weight is 261 g/mol. The van der Waals surface area contributed by atoms with Gasteiger partial charge in [0.25, 0.3) is 0 Å². The summed E-state index contributed by atoms with van der Waals surface area (Å²) in [6, 6.07) is 1.79. The molecule has 1 aliphatic carbocycles. The smallest absolute Gasteiger partial charge is 0.324 e. The Hall–Kier alpha value is -1.10. The van der Waals surface area contributed by atoms with Crippen LogP contribution in [-0.4, -0.2) is 0 Å². The lowest BCUT2D eigenvalue weighted by Crippen LogP contribution is -2.23.